The van der Waals surface area contributed by atoms with Gasteiger partial charge >= 0.3 is 0 Å². The van der Waals surface area contributed by atoms with Gasteiger partial charge in [-0.05, 0) is 45.7 Å². The summed E-state index contributed by atoms with van der Waals surface area (Å²) in [6, 6.07) is 1.54. The summed E-state index contributed by atoms with van der Waals surface area (Å²) in [6.45, 7) is 10.7. The summed E-state index contributed by atoms with van der Waals surface area (Å²) in [5.41, 5.74) is 0. The average Bonchev–Trinajstić information content (AvgIpc) is 2.63. The second kappa shape index (κ2) is 9.80. The average molecular weight is 254 g/mol. The van der Waals surface area contributed by atoms with E-state index in [2.05, 4.69) is 31.0 Å². The third-order valence-corrected chi connectivity index (χ3v) is 4.36. The molecule has 1 saturated heterocycles. The summed E-state index contributed by atoms with van der Waals surface area (Å²) in [5.74, 6) is 0. The molecule has 0 amide bonds. The maximum absolute atomic E-state index is 3.64. The first-order chi connectivity index (χ1) is 8.79. The first-order valence-electron chi connectivity index (χ1n) is 8.26. The maximum Gasteiger partial charge on any atom is 0.0195 e. The molecule has 0 spiro atoms. The Hall–Kier alpha value is -0.0800. The van der Waals surface area contributed by atoms with E-state index < -0.39 is 0 Å². The standard InChI is InChI=1S/C16H34N2/c1-4-6-9-12-17-14-15(3)18-13-10-7-8-11-16(18)5-2/h15-17H,4-14H2,1-3H3. The third-order valence-electron chi connectivity index (χ3n) is 4.36. The van der Waals surface area contributed by atoms with E-state index in [0.717, 1.165) is 6.04 Å². The number of likely N-dealkylation sites (tertiary alicyclic amines) is 1. The Morgan fingerprint density at radius 1 is 1.17 bits per heavy atom. The van der Waals surface area contributed by atoms with Crippen molar-refractivity contribution in [2.45, 2.75) is 84.2 Å². The quantitative estimate of drug-likeness (QED) is 0.663. The van der Waals surface area contributed by atoms with Crippen molar-refractivity contribution in [3.8, 4) is 0 Å². The number of unbranched alkanes of at least 4 members (excludes halogenated alkanes) is 2. The highest BCUT2D eigenvalue weighted by atomic mass is 15.2. The molecular weight excluding hydrogens is 220 g/mol. The van der Waals surface area contributed by atoms with E-state index in [4.69, 9.17) is 0 Å². The number of nitrogens with one attached hydrogen (secondary N) is 1. The summed E-state index contributed by atoms with van der Waals surface area (Å²) < 4.78 is 0. The van der Waals surface area contributed by atoms with Gasteiger partial charge in [0.2, 0.25) is 0 Å². The van der Waals surface area contributed by atoms with Gasteiger partial charge in [0.1, 0.15) is 0 Å². The van der Waals surface area contributed by atoms with Crippen LogP contribution in [0, 0.1) is 0 Å². The molecule has 1 rings (SSSR count). The molecule has 1 heterocycles. The van der Waals surface area contributed by atoms with Crippen molar-refractivity contribution in [1.82, 2.24) is 10.2 Å². The predicted octanol–water partition coefficient (Wildman–Crippen LogP) is 3.81. The minimum absolute atomic E-state index is 0.703. The second-order valence-corrected chi connectivity index (χ2v) is 5.91. The SMILES string of the molecule is CCCCCNCC(C)N1CCCCCC1CC. The lowest BCUT2D eigenvalue weighted by Gasteiger charge is -2.35. The summed E-state index contributed by atoms with van der Waals surface area (Å²) in [6.07, 6.45) is 11.0. The monoisotopic (exact) mass is 254 g/mol. The van der Waals surface area contributed by atoms with Gasteiger partial charge in [-0.15, -0.1) is 0 Å². The highest BCUT2D eigenvalue weighted by molar-refractivity contribution is 4.79. The minimum Gasteiger partial charge on any atom is -0.315 e. The van der Waals surface area contributed by atoms with Crippen molar-refractivity contribution >= 4 is 0 Å². The molecule has 0 radical (unpaired) electrons. The van der Waals surface area contributed by atoms with Crippen LogP contribution in [0.25, 0.3) is 0 Å². The van der Waals surface area contributed by atoms with Crippen LogP contribution in [0.2, 0.25) is 0 Å². The Morgan fingerprint density at radius 3 is 2.72 bits per heavy atom. The lowest BCUT2D eigenvalue weighted by atomic mass is 10.1. The molecule has 1 fully saturated rings. The van der Waals surface area contributed by atoms with Crippen LogP contribution in [0.15, 0.2) is 0 Å². The Bertz CT molecular complexity index is 194. The largest absolute Gasteiger partial charge is 0.315 e. The molecule has 0 bridgehead atoms. The van der Waals surface area contributed by atoms with E-state index in [1.54, 1.807) is 0 Å². The van der Waals surface area contributed by atoms with Gasteiger partial charge in [-0.2, -0.15) is 0 Å². The van der Waals surface area contributed by atoms with Crippen LogP contribution in [0.4, 0.5) is 0 Å². The van der Waals surface area contributed by atoms with Gasteiger partial charge in [-0.3, -0.25) is 4.90 Å². The van der Waals surface area contributed by atoms with E-state index >= 15 is 0 Å². The molecule has 108 valence electrons. The molecule has 2 heteroatoms. The fourth-order valence-electron chi connectivity index (χ4n) is 3.15. The molecule has 1 N–H and O–H groups in total. The molecule has 18 heavy (non-hydrogen) atoms. The smallest absolute Gasteiger partial charge is 0.0195 e. The second-order valence-electron chi connectivity index (χ2n) is 5.91. The van der Waals surface area contributed by atoms with E-state index in [0.29, 0.717) is 6.04 Å². The molecule has 1 aliphatic heterocycles. The van der Waals surface area contributed by atoms with Crippen molar-refractivity contribution in [1.29, 1.82) is 0 Å². The Balaban J connectivity index is 2.26. The molecule has 0 aliphatic carbocycles. The lowest BCUT2D eigenvalue weighted by Crippen LogP contribution is -2.46. The molecule has 0 saturated carbocycles. The highest BCUT2D eigenvalue weighted by Crippen LogP contribution is 2.21. The van der Waals surface area contributed by atoms with Gasteiger partial charge in [-0.1, -0.05) is 39.5 Å². The van der Waals surface area contributed by atoms with Crippen LogP contribution in [-0.2, 0) is 0 Å². The summed E-state index contributed by atoms with van der Waals surface area (Å²) in [4.78, 5) is 2.76. The Labute approximate surface area is 115 Å². The summed E-state index contributed by atoms with van der Waals surface area (Å²) in [7, 11) is 0. The van der Waals surface area contributed by atoms with E-state index in [-0.39, 0.29) is 0 Å². The third kappa shape index (κ3) is 5.71. The molecule has 2 atom stereocenters. The number of hydrogen-bond acceptors (Lipinski definition) is 2. The Kier molecular flexibility index (Phi) is 8.70. The molecule has 0 aromatic rings. The van der Waals surface area contributed by atoms with Crippen LogP contribution in [-0.4, -0.2) is 36.6 Å². The first-order valence-corrected chi connectivity index (χ1v) is 8.26. The maximum atomic E-state index is 3.64. The Morgan fingerprint density at radius 2 is 2.00 bits per heavy atom. The van der Waals surface area contributed by atoms with Crippen molar-refractivity contribution < 1.29 is 0 Å². The van der Waals surface area contributed by atoms with Gasteiger partial charge < -0.3 is 5.32 Å². The van der Waals surface area contributed by atoms with Crippen molar-refractivity contribution in [2.75, 3.05) is 19.6 Å². The van der Waals surface area contributed by atoms with Crippen LogP contribution < -0.4 is 5.32 Å². The number of hydrogen-bond donors (Lipinski definition) is 1. The van der Waals surface area contributed by atoms with E-state index in [1.807, 2.05) is 0 Å². The molecule has 2 unspecified atom stereocenters. The molecular formula is C16H34N2. The fourth-order valence-corrected chi connectivity index (χ4v) is 3.15. The molecule has 0 aromatic heterocycles. The van der Waals surface area contributed by atoms with Gasteiger partial charge in [0, 0.05) is 18.6 Å². The van der Waals surface area contributed by atoms with Crippen LogP contribution in [0.3, 0.4) is 0 Å². The van der Waals surface area contributed by atoms with Crippen molar-refractivity contribution in [2.24, 2.45) is 0 Å². The van der Waals surface area contributed by atoms with Crippen LogP contribution in [0.5, 0.6) is 0 Å². The van der Waals surface area contributed by atoms with Crippen molar-refractivity contribution in [3.63, 3.8) is 0 Å². The molecule has 1 aliphatic rings. The molecule has 2 nitrogen and oxygen atoms in total. The fraction of sp³-hybridized carbons (Fsp3) is 1.00. The zero-order valence-electron chi connectivity index (χ0n) is 12.9. The van der Waals surface area contributed by atoms with Gasteiger partial charge in [-0.25, -0.2) is 0 Å². The summed E-state index contributed by atoms with van der Waals surface area (Å²) in [5, 5.41) is 3.64. The van der Waals surface area contributed by atoms with Crippen LogP contribution in [0.1, 0.15) is 72.1 Å². The van der Waals surface area contributed by atoms with Gasteiger partial charge in [0.25, 0.3) is 0 Å². The number of nitrogens with zero attached hydrogens (tertiary/aromatic N) is 1. The van der Waals surface area contributed by atoms with Crippen molar-refractivity contribution in [3.05, 3.63) is 0 Å². The van der Waals surface area contributed by atoms with E-state index in [9.17, 15) is 0 Å². The zero-order valence-corrected chi connectivity index (χ0v) is 12.9. The lowest BCUT2D eigenvalue weighted by molar-refractivity contribution is 0.140. The van der Waals surface area contributed by atoms with E-state index in [1.165, 1.54) is 71.0 Å². The molecule has 0 aromatic carbocycles. The van der Waals surface area contributed by atoms with Gasteiger partial charge in [0.15, 0.2) is 0 Å². The zero-order chi connectivity index (χ0) is 13.2. The highest BCUT2D eigenvalue weighted by Gasteiger charge is 2.23. The minimum atomic E-state index is 0.703. The predicted molar refractivity (Wildman–Crippen MR) is 81.1 cm³/mol. The first kappa shape index (κ1) is 16.0. The number of rotatable bonds is 8. The summed E-state index contributed by atoms with van der Waals surface area (Å²) >= 11 is 0. The van der Waals surface area contributed by atoms with Gasteiger partial charge in [0.05, 0.1) is 0 Å². The topological polar surface area (TPSA) is 15.3 Å². The van der Waals surface area contributed by atoms with Crippen LogP contribution >= 0.6 is 0 Å². The normalized spacial score (nSPS) is 23.8.